The predicted octanol–water partition coefficient (Wildman–Crippen LogP) is 8.34. The third-order valence-electron chi connectivity index (χ3n) is 7.56. The molecule has 2 fully saturated rings. The summed E-state index contributed by atoms with van der Waals surface area (Å²) in [5.74, 6) is 12.1. The molecule has 37 heavy (non-hydrogen) atoms. The summed E-state index contributed by atoms with van der Waals surface area (Å²) in [7, 11) is -5.48. The second-order valence-corrected chi connectivity index (χ2v) is 17.3. The first-order valence-corrected chi connectivity index (χ1v) is 18.5. The summed E-state index contributed by atoms with van der Waals surface area (Å²) < 4.78 is 57.5. The Morgan fingerprint density at radius 1 is 0.784 bits per heavy atom. The van der Waals surface area contributed by atoms with Crippen LogP contribution in [-0.4, -0.2) is 53.4 Å². The molecule has 0 unspecified atom stereocenters. The van der Waals surface area contributed by atoms with E-state index in [1.807, 2.05) is 0 Å². The Labute approximate surface area is 239 Å². The molecular weight excluding hydrogens is 626 g/mol. The molecule has 0 saturated carbocycles. The zero-order chi connectivity index (χ0) is 27.2. The molecule has 3 aliphatic rings. The van der Waals surface area contributed by atoms with Crippen molar-refractivity contribution in [3.8, 4) is 23.7 Å². The molecule has 1 N–H and O–H groups in total. The van der Waals surface area contributed by atoms with Gasteiger partial charge in [-0.3, -0.25) is 4.55 Å². The van der Waals surface area contributed by atoms with E-state index in [4.69, 9.17) is 13.0 Å². The maximum absolute atomic E-state index is 10.7. The van der Waals surface area contributed by atoms with Crippen LogP contribution in [0.2, 0.25) is 0 Å². The molecule has 0 aromatic carbocycles. The van der Waals surface area contributed by atoms with Gasteiger partial charge in [0.05, 0.1) is 17.5 Å². The summed E-state index contributed by atoms with van der Waals surface area (Å²) in [5.41, 5.74) is -0.920. The summed E-state index contributed by atoms with van der Waals surface area (Å²) >= 11 is 0. The minimum absolute atomic E-state index is 0. The second kappa shape index (κ2) is 19.4. The van der Waals surface area contributed by atoms with Crippen molar-refractivity contribution in [2.75, 3.05) is 12.3 Å². The van der Waals surface area contributed by atoms with Crippen molar-refractivity contribution in [2.45, 2.75) is 133 Å². The average Bonchev–Trinajstić information content (AvgIpc) is 3.39. The van der Waals surface area contributed by atoms with Crippen molar-refractivity contribution in [1.82, 2.24) is 0 Å². The van der Waals surface area contributed by atoms with Gasteiger partial charge in [0.25, 0.3) is 0 Å². The Hall–Kier alpha value is 0.303. The van der Waals surface area contributed by atoms with Gasteiger partial charge in [0, 0.05) is 59.2 Å². The van der Waals surface area contributed by atoms with Crippen molar-refractivity contribution in [1.29, 1.82) is 0 Å². The van der Waals surface area contributed by atoms with Gasteiger partial charge in [0.1, 0.15) is 0 Å². The van der Waals surface area contributed by atoms with E-state index in [2.05, 4.69) is 51.4 Å². The Balaban J connectivity index is 0.000000631. The van der Waals surface area contributed by atoms with Crippen molar-refractivity contribution in [3.05, 3.63) is 0 Å². The smallest absolute Gasteiger partial charge is 0.279 e. The average molecular weight is 673 g/mol. The molecule has 0 amide bonds. The predicted molar refractivity (Wildman–Crippen MR) is 151 cm³/mol. The molecule has 0 aromatic heterocycles. The molecule has 2 aliphatic heterocycles. The van der Waals surface area contributed by atoms with Crippen LogP contribution < -0.4 is 0 Å². The van der Waals surface area contributed by atoms with Crippen LogP contribution in [0.3, 0.4) is 0 Å². The standard InChI is InChI=1S/C18H36P2.C8H8.CHF3O3S.Rh/c1-5-15-9-10-16(6-2)19(15)13-14-20-17(7-3)11-12-18(20)8-4;1-2-4-6-8-7-5-3-1;2-1(3,4)8(5,6)7;/h15-18H,5-14H2,1-4H3;1-2,7-8H2;(H,5,6,7);/p+1/t15-,16-,17-,18-;;;/m0.../s1. The van der Waals surface area contributed by atoms with Crippen LogP contribution in [0.4, 0.5) is 13.2 Å². The van der Waals surface area contributed by atoms with Gasteiger partial charge in [-0.25, -0.2) is 0 Å². The van der Waals surface area contributed by atoms with Crippen molar-refractivity contribution in [3.63, 3.8) is 0 Å². The van der Waals surface area contributed by atoms with Crippen molar-refractivity contribution >= 4 is 26.0 Å². The normalized spacial score (nSPS) is 25.9. The largest absolute Gasteiger partial charge is 0.522 e. The Kier molecular flexibility index (Phi) is 19.6. The van der Waals surface area contributed by atoms with Gasteiger partial charge in [0.15, 0.2) is 0 Å². The zero-order valence-corrected chi connectivity index (χ0v) is 27.1. The van der Waals surface area contributed by atoms with E-state index in [1.165, 1.54) is 37.0 Å². The van der Waals surface area contributed by atoms with Gasteiger partial charge in [-0.15, -0.1) is 23.7 Å². The van der Waals surface area contributed by atoms with Crippen LogP contribution in [0.15, 0.2) is 0 Å². The molecule has 0 spiro atoms. The van der Waals surface area contributed by atoms with E-state index in [1.54, 1.807) is 38.0 Å². The van der Waals surface area contributed by atoms with Gasteiger partial charge in [0.2, 0.25) is 0 Å². The molecule has 0 aromatic rings. The molecule has 4 atom stereocenters. The molecule has 2 saturated heterocycles. The van der Waals surface area contributed by atoms with E-state index >= 15 is 0 Å². The summed E-state index contributed by atoms with van der Waals surface area (Å²) in [6.45, 7) is 9.81. The molecular formula is C27H46F3O3P2RhS+. The Morgan fingerprint density at radius 2 is 1.14 bits per heavy atom. The summed E-state index contributed by atoms with van der Waals surface area (Å²) in [5, 5.41) is 0. The summed E-state index contributed by atoms with van der Waals surface area (Å²) in [4.78, 5) is 0. The molecule has 1 radical (unpaired) electrons. The first kappa shape index (κ1) is 37.3. The van der Waals surface area contributed by atoms with Gasteiger partial charge < -0.3 is 0 Å². The van der Waals surface area contributed by atoms with Crippen LogP contribution in [-0.2, 0) is 29.6 Å². The van der Waals surface area contributed by atoms with Crippen LogP contribution in [0, 0.1) is 23.7 Å². The minimum Gasteiger partial charge on any atom is -0.279 e. The van der Waals surface area contributed by atoms with Gasteiger partial charge >= 0.3 is 15.6 Å². The Bertz CT molecular complexity index is 772. The number of hydrogen-bond donors (Lipinski definition) is 1. The van der Waals surface area contributed by atoms with Crippen LogP contribution >= 0.6 is 15.8 Å². The molecule has 3 nitrogen and oxygen atoms in total. The third kappa shape index (κ3) is 13.5. The fourth-order valence-electron chi connectivity index (χ4n) is 5.57. The molecule has 0 bridgehead atoms. The monoisotopic (exact) mass is 672 g/mol. The van der Waals surface area contributed by atoms with Crippen LogP contribution in [0.25, 0.3) is 0 Å². The number of halogens is 3. The van der Waals surface area contributed by atoms with Crippen molar-refractivity contribution in [2.24, 2.45) is 0 Å². The molecule has 3 rings (SSSR count). The zero-order valence-electron chi connectivity index (χ0n) is 22.8. The van der Waals surface area contributed by atoms with E-state index in [0.29, 0.717) is 7.92 Å². The van der Waals surface area contributed by atoms with E-state index in [0.717, 1.165) is 37.0 Å². The minimum atomic E-state index is -5.84. The van der Waals surface area contributed by atoms with E-state index in [-0.39, 0.29) is 27.4 Å². The molecule has 2 heterocycles. The SMILES string of the molecule is C1#CCCC#CCC1.CC[C@H]1CC[C@H](CC)P1CC[PH+]1[C@@H](CC)CC[C@@H]1CC.O=S(=O)(O)C(F)(F)F.[Rh]. The number of alkyl halides is 3. The maximum atomic E-state index is 10.7. The number of rotatable bonds is 7. The quantitative estimate of drug-likeness (QED) is 0.0973. The third-order valence-corrected chi connectivity index (χ3v) is 16.8. The van der Waals surface area contributed by atoms with E-state index in [9.17, 15) is 13.2 Å². The second-order valence-electron chi connectivity index (χ2n) is 9.68. The molecule has 1 aliphatic carbocycles. The molecule has 10 heteroatoms. The maximum Gasteiger partial charge on any atom is 0.522 e. The summed E-state index contributed by atoms with van der Waals surface area (Å²) in [6.07, 6.45) is 19.4. The fraction of sp³-hybridized carbons (Fsp3) is 0.852. The van der Waals surface area contributed by atoms with Gasteiger partial charge in [-0.05, 0) is 62.7 Å². The molecule has 217 valence electrons. The van der Waals surface area contributed by atoms with Crippen molar-refractivity contribution < 1.29 is 45.6 Å². The van der Waals surface area contributed by atoms with Crippen LogP contribution in [0.5, 0.6) is 0 Å². The Morgan fingerprint density at radius 3 is 1.41 bits per heavy atom. The number of hydrogen-bond acceptors (Lipinski definition) is 2. The van der Waals surface area contributed by atoms with E-state index < -0.39 is 15.6 Å². The fourth-order valence-corrected chi connectivity index (χ4v) is 14.5. The van der Waals surface area contributed by atoms with Gasteiger partial charge in [-0.1, -0.05) is 35.6 Å². The van der Waals surface area contributed by atoms with Crippen LogP contribution in [0.1, 0.15) is 105 Å². The topological polar surface area (TPSA) is 54.4 Å². The summed E-state index contributed by atoms with van der Waals surface area (Å²) in [6, 6.07) is 0. The first-order chi connectivity index (χ1) is 17.0. The first-order valence-electron chi connectivity index (χ1n) is 13.6. The van der Waals surface area contributed by atoms with Gasteiger partial charge in [-0.2, -0.15) is 21.6 Å².